The number of amides is 1. The smallest absolute Gasteiger partial charge is 0.404 e. The Morgan fingerprint density at radius 3 is 2.37 bits per heavy atom. The number of hydrogen-bond acceptors (Lipinski definition) is 7. The molecule has 0 radical (unpaired) electrons. The molecule has 6 rings (SSSR count). The third-order valence-electron chi connectivity index (χ3n) is 8.65. The Hall–Kier alpha value is -3.85. The van der Waals surface area contributed by atoms with Gasteiger partial charge in [0.15, 0.2) is 0 Å². The molecule has 1 spiro atoms. The van der Waals surface area contributed by atoms with E-state index in [1.807, 2.05) is 30.3 Å². The standard InChI is InChI=1S/C32H38N4O5/c1-31(2,23-8-12-27(13-9-23)41-28-5-3-4-24(16-28)35-30(37)38)22-6-10-26(11-7-22)40-17-25-14-15-33-29(34-25)36-18-32(19-36)20-39-21-32/h6-15,24,28,35H,3-5,16-21H2,1-2H3,(H,37,38). The molecule has 2 N–H and O–H groups in total. The average molecular weight is 559 g/mol. The van der Waals surface area contributed by atoms with Gasteiger partial charge in [-0.25, -0.2) is 14.8 Å². The minimum atomic E-state index is -0.971. The first-order chi connectivity index (χ1) is 19.8. The van der Waals surface area contributed by atoms with Gasteiger partial charge in [-0.1, -0.05) is 38.1 Å². The van der Waals surface area contributed by atoms with Crippen LogP contribution in [0.3, 0.4) is 0 Å². The van der Waals surface area contributed by atoms with Crippen LogP contribution in [0.25, 0.3) is 0 Å². The number of ether oxygens (including phenoxy) is 3. The van der Waals surface area contributed by atoms with E-state index in [0.29, 0.717) is 18.4 Å². The molecule has 3 fully saturated rings. The van der Waals surface area contributed by atoms with Gasteiger partial charge in [0.1, 0.15) is 24.2 Å². The molecule has 216 valence electrons. The number of anilines is 1. The Bertz CT molecular complexity index is 1350. The first kappa shape index (κ1) is 27.3. The van der Waals surface area contributed by atoms with Crippen LogP contribution >= 0.6 is 0 Å². The summed E-state index contributed by atoms with van der Waals surface area (Å²) in [6.07, 6.45) is 4.30. The predicted octanol–water partition coefficient (Wildman–Crippen LogP) is 5.18. The van der Waals surface area contributed by atoms with Crippen molar-refractivity contribution in [2.45, 2.75) is 63.7 Å². The lowest BCUT2D eigenvalue weighted by atomic mass is 9.78. The maximum absolute atomic E-state index is 11.0. The maximum atomic E-state index is 11.0. The average Bonchev–Trinajstić information content (AvgIpc) is 2.91. The Labute approximate surface area is 240 Å². The molecule has 1 saturated carbocycles. The number of nitrogens with zero attached hydrogens (tertiary/aromatic N) is 3. The molecule has 1 aromatic heterocycles. The summed E-state index contributed by atoms with van der Waals surface area (Å²) in [7, 11) is 0. The molecular formula is C32H38N4O5. The van der Waals surface area contributed by atoms with Crippen LogP contribution in [-0.4, -0.2) is 59.6 Å². The highest BCUT2D eigenvalue weighted by Crippen LogP contribution is 2.39. The molecule has 2 atom stereocenters. The van der Waals surface area contributed by atoms with Gasteiger partial charge in [0.05, 0.1) is 24.3 Å². The minimum Gasteiger partial charge on any atom is -0.490 e. The van der Waals surface area contributed by atoms with Crippen molar-refractivity contribution in [3.63, 3.8) is 0 Å². The number of hydrogen-bond donors (Lipinski definition) is 2. The van der Waals surface area contributed by atoms with Crippen molar-refractivity contribution in [3.8, 4) is 11.5 Å². The van der Waals surface area contributed by atoms with Gasteiger partial charge in [0.2, 0.25) is 5.95 Å². The molecule has 41 heavy (non-hydrogen) atoms. The molecule has 2 unspecified atom stereocenters. The highest BCUT2D eigenvalue weighted by Gasteiger charge is 2.49. The van der Waals surface area contributed by atoms with Crippen molar-refractivity contribution in [3.05, 3.63) is 77.6 Å². The van der Waals surface area contributed by atoms with E-state index in [-0.39, 0.29) is 17.6 Å². The van der Waals surface area contributed by atoms with Crippen molar-refractivity contribution in [1.29, 1.82) is 0 Å². The van der Waals surface area contributed by atoms with Gasteiger partial charge < -0.3 is 29.5 Å². The van der Waals surface area contributed by atoms with Crippen LogP contribution in [-0.2, 0) is 16.8 Å². The highest BCUT2D eigenvalue weighted by atomic mass is 16.5. The fourth-order valence-electron chi connectivity index (χ4n) is 6.09. The van der Waals surface area contributed by atoms with Gasteiger partial charge in [0, 0.05) is 37.2 Å². The van der Waals surface area contributed by atoms with Crippen molar-refractivity contribution >= 4 is 12.0 Å². The zero-order chi connectivity index (χ0) is 28.5. The van der Waals surface area contributed by atoms with E-state index in [0.717, 1.165) is 68.7 Å². The van der Waals surface area contributed by atoms with Crippen molar-refractivity contribution in [2.75, 3.05) is 31.2 Å². The van der Waals surface area contributed by atoms with Crippen LogP contribution in [0.1, 0.15) is 56.4 Å². The zero-order valence-corrected chi connectivity index (χ0v) is 23.7. The van der Waals surface area contributed by atoms with Gasteiger partial charge in [-0.2, -0.15) is 0 Å². The first-order valence-electron chi connectivity index (χ1n) is 14.4. The van der Waals surface area contributed by atoms with E-state index in [9.17, 15) is 4.79 Å². The second-order valence-electron chi connectivity index (χ2n) is 12.2. The quantitative estimate of drug-likeness (QED) is 0.370. The largest absolute Gasteiger partial charge is 0.490 e. The van der Waals surface area contributed by atoms with Crippen molar-refractivity contribution in [1.82, 2.24) is 15.3 Å². The molecule has 0 bridgehead atoms. The van der Waals surface area contributed by atoms with Gasteiger partial charge in [-0.15, -0.1) is 0 Å². The SMILES string of the molecule is CC(C)(c1ccc(OCc2ccnc(N3CC4(COC4)C3)n2)cc1)c1ccc(OC2CCCC(NC(=O)O)C2)cc1. The molecule has 2 aromatic carbocycles. The normalized spacial score (nSPS) is 21.5. The molecule has 9 nitrogen and oxygen atoms in total. The fourth-order valence-corrected chi connectivity index (χ4v) is 6.09. The summed E-state index contributed by atoms with van der Waals surface area (Å²) in [5.74, 6) is 2.37. The van der Waals surface area contributed by atoms with Gasteiger partial charge >= 0.3 is 6.09 Å². The third kappa shape index (κ3) is 6.10. The van der Waals surface area contributed by atoms with E-state index in [1.54, 1.807) is 6.20 Å². The van der Waals surface area contributed by atoms with Crippen LogP contribution in [0.5, 0.6) is 11.5 Å². The predicted molar refractivity (Wildman–Crippen MR) is 155 cm³/mol. The number of nitrogens with one attached hydrogen (secondary N) is 1. The molecule has 3 aliphatic rings. The topological polar surface area (TPSA) is 106 Å². The maximum Gasteiger partial charge on any atom is 0.404 e. The summed E-state index contributed by atoms with van der Waals surface area (Å²) in [6, 6.07) is 18.4. The molecule has 3 heterocycles. The summed E-state index contributed by atoms with van der Waals surface area (Å²) >= 11 is 0. The molecule has 1 aliphatic carbocycles. The highest BCUT2D eigenvalue weighted by molar-refractivity contribution is 5.64. The molecule has 1 amide bonds. The summed E-state index contributed by atoms with van der Waals surface area (Å²) < 4.78 is 17.6. The Balaban J connectivity index is 1.03. The van der Waals surface area contributed by atoms with E-state index in [1.165, 1.54) is 11.1 Å². The lowest BCUT2D eigenvalue weighted by molar-refractivity contribution is -0.127. The van der Waals surface area contributed by atoms with Crippen LogP contribution in [0, 0.1) is 5.41 Å². The van der Waals surface area contributed by atoms with Crippen molar-refractivity contribution in [2.24, 2.45) is 5.41 Å². The number of benzene rings is 2. The second kappa shape index (κ2) is 11.2. The number of carbonyl (C=O) groups is 1. The first-order valence-corrected chi connectivity index (χ1v) is 14.4. The van der Waals surface area contributed by atoms with Gasteiger partial charge in [-0.05, 0) is 60.7 Å². The number of carboxylic acid groups (broad SMARTS) is 1. The van der Waals surface area contributed by atoms with Crippen molar-refractivity contribution < 1.29 is 24.1 Å². The Morgan fingerprint density at radius 2 is 1.73 bits per heavy atom. The van der Waals surface area contributed by atoms with Crippen LogP contribution in [0.15, 0.2) is 60.8 Å². The second-order valence-corrected chi connectivity index (χ2v) is 12.2. The number of rotatable bonds is 9. The summed E-state index contributed by atoms with van der Waals surface area (Å²) in [4.78, 5) is 22.3. The Morgan fingerprint density at radius 1 is 1.05 bits per heavy atom. The Kier molecular flexibility index (Phi) is 7.46. The number of aromatic nitrogens is 2. The summed E-state index contributed by atoms with van der Waals surface area (Å²) in [6.45, 7) is 8.40. The zero-order valence-electron chi connectivity index (χ0n) is 23.7. The van der Waals surface area contributed by atoms with E-state index >= 15 is 0 Å². The molecule has 3 aromatic rings. The van der Waals surface area contributed by atoms with E-state index < -0.39 is 6.09 Å². The van der Waals surface area contributed by atoms with Crippen LogP contribution in [0.4, 0.5) is 10.7 Å². The van der Waals surface area contributed by atoms with Crippen LogP contribution in [0.2, 0.25) is 0 Å². The molecule has 9 heteroatoms. The summed E-state index contributed by atoms with van der Waals surface area (Å²) in [5.41, 5.74) is 3.34. The monoisotopic (exact) mass is 558 g/mol. The van der Waals surface area contributed by atoms with E-state index in [4.69, 9.17) is 24.3 Å². The third-order valence-corrected chi connectivity index (χ3v) is 8.65. The molecular weight excluding hydrogens is 520 g/mol. The fraction of sp³-hybridized carbons (Fsp3) is 0.469. The van der Waals surface area contributed by atoms with Gasteiger partial charge in [-0.3, -0.25) is 0 Å². The molecule has 2 aliphatic heterocycles. The lowest BCUT2D eigenvalue weighted by Crippen LogP contribution is -2.66. The minimum absolute atomic E-state index is 0.0196. The molecule has 2 saturated heterocycles. The van der Waals surface area contributed by atoms with Crippen LogP contribution < -0.4 is 19.7 Å². The van der Waals surface area contributed by atoms with E-state index in [2.05, 4.69) is 53.3 Å². The lowest BCUT2D eigenvalue weighted by Gasteiger charge is -2.54. The van der Waals surface area contributed by atoms with Gasteiger partial charge in [0.25, 0.3) is 0 Å². The summed E-state index contributed by atoms with van der Waals surface area (Å²) in [5, 5.41) is 11.6.